The number of carbonyl (C=O) groups excluding carboxylic acids is 1. The molecule has 1 aliphatic rings. The van der Waals surface area contributed by atoms with Gasteiger partial charge < -0.3 is 9.88 Å². The minimum absolute atomic E-state index is 0.0948. The predicted molar refractivity (Wildman–Crippen MR) is 81.1 cm³/mol. The summed E-state index contributed by atoms with van der Waals surface area (Å²) in [4.78, 5) is 18.3. The zero-order chi connectivity index (χ0) is 14.5. The van der Waals surface area contributed by atoms with Crippen molar-refractivity contribution in [1.82, 2.24) is 19.8 Å². The summed E-state index contributed by atoms with van der Waals surface area (Å²) in [5.41, 5.74) is 2.14. The fraction of sp³-hybridized carbons (Fsp3) is 0.375. The Morgan fingerprint density at radius 3 is 2.81 bits per heavy atom. The van der Waals surface area contributed by atoms with E-state index in [0.29, 0.717) is 13.1 Å². The van der Waals surface area contributed by atoms with Gasteiger partial charge in [0.25, 0.3) is 0 Å². The van der Waals surface area contributed by atoms with Crippen LogP contribution in [0.2, 0.25) is 0 Å². The number of nitrogens with one attached hydrogen (secondary N) is 1. The third-order valence-corrected chi connectivity index (χ3v) is 3.82. The molecule has 21 heavy (non-hydrogen) atoms. The van der Waals surface area contributed by atoms with Crippen LogP contribution in [0.15, 0.2) is 43.0 Å². The molecule has 1 aliphatic heterocycles. The molecule has 1 N–H and O–H groups in total. The lowest BCUT2D eigenvalue weighted by Gasteiger charge is -2.15. The third-order valence-electron chi connectivity index (χ3n) is 3.82. The van der Waals surface area contributed by atoms with Gasteiger partial charge in [0.1, 0.15) is 0 Å². The molecule has 1 aromatic carbocycles. The number of rotatable bonds is 5. The zero-order valence-corrected chi connectivity index (χ0v) is 12.0. The third kappa shape index (κ3) is 3.49. The minimum atomic E-state index is 0.0948. The van der Waals surface area contributed by atoms with Gasteiger partial charge in [-0.05, 0) is 37.6 Å². The van der Waals surface area contributed by atoms with E-state index in [-0.39, 0.29) is 5.91 Å². The van der Waals surface area contributed by atoms with E-state index in [4.69, 9.17) is 0 Å². The second-order valence-electron chi connectivity index (χ2n) is 5.36. The van der Waals surface area contributed by atoms with Crippen molar-refractivity contribution in [3.63, 3.8) is 0 Å². The average Bonchev–Trinajstić information content (AvgIpc) is 3.18. The van der Waals surface area contributed by atoms with Gasteiger partial charge in [-0.3, -0.25) is 9.69 Å². The highest BCUT2D eigenvalue weighted by molar-refractivity contribution is 5.78. The van der Waals surface area contributed by atoms with Crippen LogP contribution in [0.4, 0.5) is 0 Å². The summed E-state index contributed by atoms with van der Waals surface area (Å²) in [5.74, 6) is 0.0948. The summed E-state index contributed by atoms with van der Waals surface area (Å²) >= 11 is 0. The Balaban J connectivity index is 1.61. The predicted octanol–water partition coefficient (Wildman–Crippen LogP) is 1.58. The van der Waals surface area contributed by atoms with Crippen LogP contribution < -0.4 is 5.32 Å². The summed E-state index contributed by atoms with van der Waals surface area (Å²) in [6.07, 6.45) is 7.84. The SMILES string of the molecule is O=C(CN1CCCC1)NCc1ccccc1-n1ccnc1. The molecule has 2 aromatic rings. The topological polar surface area (TPSA) is 50.2 Å². The van der Waals surface area contributed by atoms with Gasteiger partial charge in [-0.15, -0.1) is 0 Å². The van der Waals surface area contributed by atoms with Crippen LogP contribution in [0.3, 0.4) is 0 Å². The summed E-state index contributed by atoms with van der Waals surface area (Å²) in [5, 5.41) is 3.01. The highest BCUT2D eigenvalue weighted by Gasteiger charge is 2.15. The van der Waals surface area contributed by atoms with Crippen LogP contribution in [0.1, 0.15) is 18.4 Å². The van der Waals surface area contributed by atoms with Crippen molar-refractivity contribution >= 4 is 5.91 Å². The molecule has 5 heteroatoms. The largest absolute Gasteiger partial charge is 0.351 e. The van der Waals surface area contributed by atoms with E-state index in [1.165, 1.54) is 12.8 Å². The smallest absolute Gasteiger partial charge is 0.234 e. The fourth-order valence-corrected chi connectivity index (χ4v) is 2.71. The molecule has 1 saturated heterocycles. The van der Waals surface area contributed by atoms with E-state index >= 15 is 0 Å². The first-order valence-corrected chi connectivity index (χ1v) is 7.38. The van der Waals surface area contributed by atoms with Crippen molar-refractivity contribution in [2.24, 2.45) is 0 Å². The van der Waals surface area contributed by atoms with E-state index in [1.54, 1.807) is 12.5 Å². The number of amides is 1. The Labute approximate surface area is 124 Å². The number of imidazole rings is 1. The van der Waals surface area contributed by atoms with E-state index in [1.807, 2.05) is 35.0 Å². The van der Waals surface area contributed by atoms with Crippen LogP contribution in [-0.2, 0) is 11.3 Å². The highest BCUT2D eigenvalue weighted by Crippen LogP contribution is 2.14. The number of carbonyl (C=O) groups is 1. The molecule has 0 unspecified atom stereocenters. The van der Waals surface area contributed by atoms with Crippen LogP contribution in [0.5, 0.6) is 0 Å². The van der Waals surface area contributed by atoms with Gasteiger partial charge >= 0.3 is 0 Å². The molecule has 0 radical (unpaired) electrons. The monoisotopic (exact) mass is 284 g/mol. The van der Waals surface area contributed by atoms with Crippen molar-refractivity contribution in [1.29, 1.82) is 0 Å². The molecule has 110 valence electrons. The summed E-state index contributed by atoms with van der Waals surface area (Å²) in [6, 6.07) is 8.04. The molecule has 3 rings (SSSR count). The molecule has 1 fully saturated rings. The zero-order valence-electron chi connectivity index (χ0n) is 12.0. The molecule has 0 bridgehead atoms. The normalized spacial score (nSPS) is 15.2. The molecule has 5 nitrogen and oxygen atoms in total. The summed E-state index contributed by atoms with van der Waals surface area (Å²) in [7, 11) is 0. The van der Waals surface area contributed by atoms with Gasteiger partial charge in [0, 0.05) is 18.9 Å². The fourth-order valence-electron chi connectivity index (χ4n) is 2.71. The molecule has 0 spiro atoms. The number of hydrogen-bond donors (Lipinski definition) is 1. The second-order valence-corrected chi connectivity index (χ2v) is 5.36. The van der Waals surface area contributed by atoms with Gasteiger partial charge in [-0.1, -0.05) is 18.2 Å². The van der Waals surface area contributed by atoms with E-state index < -0.39 is 0 Å². The Hall–Kier alpha value is -2.14. The van der Waals surface area contributed by atoms with Crippen molar-refractivity contribution in [2.75, 3.05) is 19.6 Å². The van der Waals surface area contributed by atoms with Gasteiger partial charge in [-0.25, -0.2) is 4.98 Å². The number of aromatic nitrogens is 2. The van der Waals surface area contributed by atoms with Crippen molar-refractivity contribution in [3.05, 3.63) is 48.5 Å². The Bertz CT molecular complexity index is 588. The number of benzene rings is 1. The lowest BCUT2D eigenvalue weighted by molar-refractivity contribution is -0.122. The van der Waals surface area contributed by atoms with E-state index in [0.717, 1.165) is 24.3 Å². The van der Waals surface area contributed by atoms with Crippen LogP contribution in [0, 0.1) is 0 Å². The number of hydrogen-bond acceptors (Lipinski definition) is 3. The maximum absolute atomic E-state index is 12.0. The maximum atomic E-state index is 12.0. The van der Waals surface area contributed by atoms with Crippen LogP contribution in [-0.4, -0.2) is 40.0 Å². The lowest BCUT2D eigenvalue weighted by atomic mass is 10.1. The lowest BCUT2D eigenvalue weighted by Crippen LogP contribution is -2.35. The number of likely N-dealkylation sites (tertiary alicyclic amines) is 1. The van der Waals surface area contributed by atoms with Gasteiger partial charge in [0.15, 0.2) is 0 Å². The van der Waals surface area contributed by atoms with Crippen molar-refractivity contribution in [3.8, 4) is 5.69 Å². The first kappa shape index (κ1) is 13.8. The number of nitrogens with zero attached hydrogens (tertiary/aromatic N) is 3. The highest BCUT2D eigenvalue weighted by atomic mass is 16.2. The Morgan fingerprint density at radius 2 is 2.05 bits per heavy atom. The van der Waals surface area contributed by atoms with Gasteiger partial charge in [0.2, 0.25) is 5.91 Å². The van der Waals surface area contributed by atoms with Crippen molar-refractivity contribution in [2.45, 2.75) is 19.4 Å². The van der Waals surface area contributed by atoms with Gasteiger partial charge in [-0.2, -0.15) is 0 Å². The summed E-state index contributed by atoms with van der Waals surface area (Å²) < 4.78 is 1.96. The molecule has 0 saturated carbocycles. The second kappa shape index (κ2) is 6.54. The maximum Gasteiger partial charge on any atom is 0.234 e. The Morgan fingerprint density at radius 1 is 1.24 bits per heavy atom. The standard InChI is InChI=1S/C16H20N4O/c21-16(12-19-8-3-4-9-19)18-11-14-5-1-2-6-15(14)20-10-7-17-13-20/h1-2,5-7,10,13H,3-4,8-9,11-12H2,(H,18,21). The average molecular weight is 284 g/mol. The molecule has 0 aliphatic carbocycles. The van der Waals surface area contributed by atoms with Crippen LogP contribution in [0.25, 0.3) is 5.69 Å². The Kier molecular flexibility index (Phi) is 4.31. The minimum Gasteiger partial charge on any atom is -0.351 e. The van der Waals surface area contributed by atoms with Crippen LogP contribution >= 0.6 is 0 Å². The molecule has 1 aromatic heterocycles. The molecular weight excluding hydrogens is 264 g/mol. The summed E-state index contributed by atoms with van der Waals surface area (Å²) in [6.45, 7) is 3.13. The number of para-hydroxylation sites is 1. The molecule has 0 atom stereocenters. The van der Waals surface area contributed by atoms with E-state index in [9.17, 15) is 4.79 Å². The molecule has 1 amide bonds. The molecule has 2 heterocycles. The first-order chi connectivity index (χ1) is 10.3. The van der Waals surface area contributed by atoms with Crippen molar-refractivity contribution < 1.29 is 4.79 Å². The van der Waals surface area contributed by atoms with Gasteiger partial charge in [0.05, 0.1) is 18.6 Å². The first-order valence-electron chi connectivity index (χ1n) is 7.38. The van der Waals surface area contributed by atoms with E-state index in [2.05, 4.69) is 15.2 Å². The quantitative estimate of drug-likeness (QED) is 0.907. The molecular formula is C16H20N4O.